The van der Waals surface area contributed by atoms with Crippen molar-refractivity contribution in [2.75, 3.05) is 26.2 Å². The second-order valence-electron chi connectivity index (χ2n) is 8.37. The molecule has 2 amide bonds. The minimum atomic E-state index is -0.316. The lowest BCUT2D eigenvalue weighted by Gasteiger charge is -2.42. The third-order valence-corrected chi connectivity index (χ3v) is 6.45. The number of amides is 2. The van der Waals surface area contributed by atoms with E-state index in [0.717, 1.165) is 57.4 Å². The molecule has 2 aliphatic rings. The van der Waals surface area contributed by atoms with Crippen LogP contribution in [0.5, 0.6) is 0 Å². The molecule has 2 heterocycles. The number of hydrogen-bond acceptors (Lipinski definition) is 3. The first-order valence-electron chi connectivity index (χ1n) is 10.5. The summed E-state index contributed by atoms with van der Waals surface area (Å²) in [5.74, 6) is -0.348. The van der Waals surface area contributed by atoms with Crippen LogP contribution in [0.25, 0.3) is 10.9 Å². The van der Waals surface area contributed by atoms with Crippen molar-refractivity contribution >= 4 is 35.1 Å². The van der Waals surface area contributed by atoms with E-state index in [4.69, 9.17) is 0 Å². The molecule has 2 aromatic rings. The molecule has 164 valence electrons. The predicted molar refractivity (Wildman–Crippen MR) is 118 cm³/mol. The van der Waals surface area contributed by atoms with Gasteiger partial charge in [0, 0.05) is 50.6 Å². The molecule has 6 nitrogen and oxygen atoms in total. The molecule has 2 fully saturated rings. The van der Waals surface area contributed by atoms with Crippen LogP contribution in [-0.2, 0) is 4.79 Å². The van der Waals surface area contributed by atoms with Crippen LogP contribution in [0, 0.1) is 12.7 Å². The monoisotopic (exact) mass is 436 g/mol. The summed E-state index contributed by atoms with van der Waals surface area (Å²) in [5.41, 5.74) is 2.01. The zero-order chi connectivity index (χ0) is 20.5. The van der Waals surface area contributed by atoms with Crippen LogP contribution in [0.1, 0.15) is 48.7 Å². The van der Waals surface area contributed by atoms with E-state index in [9.17, 15) is 14.0 Å². The zero-order valence-electron chi connectivity index (χ0n) is 17.5. The Labute approximate surface area is 182 Å². The lowest BCUT2D eigenvalue weighted by molar-refractivity contribution is -0.131. The maximum absolute atomic E-state index is 14.1. The van der Waals surface area contributed by atoms with Crippen molar-refractivity contribution in [1.82, 2.24) is 20.1 Å². The first-order chi connectivity index (χ1) is 13.9. The number of benzene rings is 1. The average Bonchev–Trinajstić information content (AvgIpc) is 3.18. The number of halogens is 2. The smallest absolute Gasteiger partial charge is 0.267 e. The van der Waals surface area contributed by atoms with Crippen molar-refractivity contribution in [3.05, 3.63) is 35.3 Å². The maximum Gasteiger partial charge on any atom is 0.267 e. The van der Waals surface area contributed by atoms with Crippen molar-refractivity contribution in [3.8, 4) is 0 Å². The molecule has 30 heavy (non-hydrogen) atoms. The van der Waals surface area contributed by atoms with Crippen molar-refractivity contribution in [1.29, 1.82) is 0 Å². The number of nitrogens with one attached hydrogen (secondary N) is 2. The normalized spacial score (nSPS) is 22.6. The minimum absolute atomic E-state index is 0. The van der Waals surface area contributed by atoms with Gasteiger partial charge in [-0.3, -0.25) is 14.5 Å². The highest BCUT2D eigenvalue weighted by atomic mass is 35.5. The third-order valence-electron chi connectivity index (χ3n) is 6.45. The lowest BCUT2D eigenvalue weighted by atomic mass is 9.89. The Morgan fingerprint density at radius 3 is 2.57 bits per heavy atom. The number of H-pyrrole nitrogens is 1. The number of carbonyl (C=O) groups is 2. The van der Waals surface area contributed by atoms with E-state index in [0.29, 0.717) is 22.6 Å². The Bertz CT molecular complexity index is 884. The molecule has 0 unspecified atom stereocenters. The fourth-order valence-corrected chi connectivity index (χ4v) is 4.74. The topological polar surface area (TPSA) is 68.4 Å². The molecular formula is C22H30ClFN4O2. The molecule has 1 aromatic heterocycles. The molecule has 0 spiro atoms. The van der Waals surface area contributed by atoms with Crippen molar-refractivity contribution in [3.63, 3.8) is 0 Å². The summed E-state index contributed by atoms with van der Waals surface area (Å²) in [6.07, 6.45) is 4.08. The Morgan fingerprint density at radius 2 is 1.90 bits per heavy atom. The molecule has 1 saturated carbocycles. The standard InChI is InChI=1S/C22H29FN4O2.ClH/c1-14-6-7-19(23)18-13-20(25-21(14)18)22(29)24-16-4-3-5-17(12-16)27-10-8-26(9-11-27)15(2)28;/h6-7,13,16-17,25H,3-5,8-12H2,1-2H3,(H,24,29);1H/t16-,17+;/m1./s1. The van der Waals surface area contributed by atoms with Crippen molar-refractivity contribution < 1.29 is 14.0 Å². The predicted octanol–water partition coefficient (Wildman–Crippen LogP) is 3.24. The number of carbonyl (C=O) groups excluding carboxylic acids is 2. The van der Waals surface area contributed by atoms with E-state index < -0.39 is 0 Å². The van der Waals surface area contributed by atoms with Gasteiger partial charge in [0.25, 0.3) is 5.91 Å². The molecule has 1 aliphatic carbocycles. The minimum Gasteiger partial charge on any atom is -0.350 e. The Hall–Kier alpha value is -2.12. The Kier molecular flexibility index (Phi) is 7.03. The average molecular weight is 437 g/mol. The number of piperazine rings is 1. The van der Waals surface area contributed by atoms with Crippen molar-refractivity contribution in [2.24, 2.45) is 0 Å². The number of rotatable bonds is 3. The maximum atomic E-state index is 14.1. The Morgan fingerprint density at radius 1 is 1.17 bits per heavy atom. The largest absolute Gasteiger partial charge is 0.350 e. The molecule has 0 bridgehead atoms. The van der Waals surface area contributed by atoms with Crippen LogP contribution in [0.4, 0.5) is 4.39 Å². The SMILES string of the molecule is CC(=O)N1CCN([C@H]2CCC[C@@H](NC(=O)c3cc4c(F)ccc(C)c4[nH]3)C2)CC1.Cl. The molecule has 1 aromatic carbocycles. The molecule has 1 aliphatic heterocycles. The van der Waals surface area contributed by atoms with Gasteiger partial charge < -0.3 is 15.2 Å². The van der Waals surface area contributed by atoms with Gasteiger partial charge in [-0.15, -0.1) is 12.4 Å². The number of aryl methyl sites for hydroxylation is 1. The number of aromatic nitrogens is 1. The van der Waals surface area contributed by atoms with Gasteiger partial charge in [-0.1, -0.05) is 6.07 Å². The number of fused-ring (bicyclic) bond motifs is 1. The molecular weight excluding hydrogens is 407 g/mol. The van der Waals surface area contributed by atoms with Crippen LogP contribution < -0.4 is 5.32 Å². The number of hydrogen-bond donors (Lipinski definition) is 2. The Balaban J connectivity index is 0.00000256. The van der Waals surface area contributed by atoms with Crippen LogP contribution >= 0.6 is 12.4 Å². The highest BCUT2D eigenvalue weighted by Gasteiger charge is 2.30. The molecule has 1 saturated heterocycles. The quantitative estimate of drug-likeness (QED) is 0.776. The van der Waals surface area contributed by atoms with Gasteiger partial charge in [0.05, 0.1) is 5.52 Å². The third kappa shape index (κ3) is 4.62. The van der Waals surface area contributed by atoms with E-state index in [1.165, 1.54) is 6.07 Å². The van der Waals surface area contributed by atoms with Gasteiger partial charge in [-0.25, -0.2) is 4.39 Å². The van der Waals surface area contributed by atoms with E-state index in [2.05, 4.69) is 15.2 Å². The lowest BCUT2D eigenvalue weighted by Crippen LogP contribution is -2.54. The van der Waals surface area contributed by atoms with Gasteiger partial charge in [0.1, 0.15) is 11.5 Å². The van der Waals surface area contributed by atoms with Gasteiger partial charge in [0.2, 0.25) is 5.91 Å². The highest BCUT2D eigenvalue weighted by molar-refractivity contribution is 5.99. The summed E-state index contributed by atoms with van der Waals surface area (Å²) in [6, 6.07) is 5.31. The fraction of sp³-hybridized carbons (Fsp3) is 0.545. The molecule has 2 N–H and O–H groups in total. The van der Waals surface area contributed by atoms with Gasteiger partial charge in [-0.2, -0.15) is 0 Å². The van der Waals surface area contributed by atoms with E-state index in [1.54, 1.807) is 19.1 Å². The van der Waals surface area contributed by atoms with Crippen LogP contribution in [0.3, 0.4) is 0 Å². The van der Waals surface area contributed by atoms with Crippen LogP contribution in [0.15, 0.2) is 18.2 Å². The van der Waals surface area contributed by atoms with Gasteiger partial charge >= 0.3 is 0 Å². The number of nitrogens with zero attached hydrogens (tertiary/aromatic N) is 2. The van der Waals surface area contributed by atoms with Crippen molar-refractivity contribution in [2.45, 2.75) is 51.6 Å². The first-order valence-corrected chi connectivity index (χ1v) is 10.5. The summed E-state index contributed by atoms with van der Waals surface area (Å²) in [4.78, 5) is 31.8. The zero-order valence-corrected chi connectivity index (χ0v) is 18.4. The summed E-state index contributed by atoms with van der Waals surface area (Å²) in [7, 11) is 0. The van der Waals surface area contributed by atoms with Gasteiger partial charge in [0.15, 0.2) is 0 Å². The van der Waals surface area contributed by atoms with E-state index >= 15 is 0 Å². The van der Waals surface area contributed by atoms with Crippen LogP contribution in [-0.4, -0.2) is 64.9 Å². The van der Waals surface area contributed by atoms with E-state index in [-0.39, 0.29) is 36.1 Å². The molecule has 0 radical (unpaired) electrons. The molecule has 8 heteroatoms. The van der Waals surface area contributed by atoms with E-state index in [1.807, 2.05) is 11.8 Å². The van der Waals surface area contributed by atoms with Crippen LogP contribution in [0.2, 0.25) is 0 Å². The molecule has 4 rings (SSSR count). The highest BCUT2D eigenvalue weighted by Crippen LogP contribution is 2.26. The molecule has 2 atom stereocenters. The van der Waals surface area contributed by atoms with Gasteiger partial charge in [-0.05, 0) is 50.3 Å². The fourth-order valence-electron chi connectivity index (χ4n) is 4.74. The second-order valence-corrected chi connectivity index (χ2v) is 8.37. The summed E-state index contributed by atoms with van der Waals surface area (Å²) >= 11 is 0. The summed E-state index contributed by atoms with van der Waals surface area (Å²) in [6.45, 7) is 6.87. The first kappa shape index (κ1) is 22.6. The second kappa shape index (κ2) is 9.35. The summed E-state index contributed by atoms with van der Waals surface area (Å²) in [5, 5.41) is 3.61. The number of aromatic amines is 1. The summed E-state index contributed by atoms with van der Waals surface area (Å²) < 4.78 is 14.1.